The average molecular weight is 447 g/mol. The predicted octanol–water partition coefficient (Wildman–Crippen LogP) is 3.67. The first-order valence-electron chi connectivity index (χ1n) is 10.8. The SMILES string of the molecule is COc1c(C(=O)N2CCCC2)cn(C)c1-c1nc2cc(NC(=O)c3ccco3)ccc2n1C. The number of methoxy groups -OCH3 is 1. The van der Waals surface area contributed by atoms with Gasteiger partial charge in [0, 0.05) is 39.1 Å². The predicted molar refractivity (Wildman–Crippen MR) is 123 cm³/mol. The number of carbonyl (C=O) groups is 2. The van der Waals surface area contributed by atoms with Crippen LogP contribution in [0.1, 0.15) is 33.8 Å². The van der Waals surface area contributed by atoms with Gasteiger partial charge in [0.1, 0.15) is 11.3 Å². The Morgan fingerprint density at radius 3 is 2.64 bits per heavy atom. The monoisotopic (exact) mass is 447 g/mol. The van der Waals surface area contributed by atoms with Gasteiger partial charge in [0.15, 0.2) is 17.3 Å². The molecule has 1 saturated heterocycles. The third-order valence-electron chi connectivity index (χ3n) is 6.06. The van der Waals surface area contributed by atoms with Crippen LogP contribution >= 0.6 is 0 Å². The van der Waals surface area contributed by atoms with Crippen LogP contribution < -0.4 is 10.1 Å². The van der Waals surface area contributed by atoms with Gasteiger partial charge in [-0.15, -0.1) is 0 Å². The first kappa shape index (κ1) is 20.9. The summed E-state index contributed by atoms with van der Waals surface area (Å²) in [5, 5.41) is 2.83. The van der Waals surface area contributed by atoms with Crippen LogP contribution in [0.2, 0.25) is 0 Å². The zero-order valence-corrected chi connectivity index (χ0v) is 18.8. The Hall–Kier alpha value is -4.01. The minimum absolute atomic E-state index is 0.0205. The maximum Gasteiger partial charge on any atom is 0.291 e. The summed E-state index contributed by atoms with van der Waals surface area (Å²) >= 11 is 0. The van der Waals surface area contributed by atoms with Gasteiger partial charge in [0.25, 0.3) is 11.8 Å². The fraction of sp³-hybridized carbons (Fsp3) is 0.292. The van der Waals surface area contributed by atoms with E-state index in [0.717, 1.165) is 37.1 Å². The van der Waals surface area contributed by atoms with Gasteiger partial charge in [-0.25, -0.2) is 4.98 Å². The molecule has 1 N–H and O–H groups in total. The van der Waals surface area contributed by atoms with Crippen LogP contribution in [0.3, 0.4) is 0 Å². The second-order valence-electron chi connectivity index (χ2n) is 8.16. The van der Waals surface area contributed by atoms with Crippen LogP contribution in [0.15, 0.2) is 47.2 Å². The van der Waals surface area contributed by atoms with E-state index in [-0.39, 0.29) is 17.6 Å². The molecule has 0 saturated carbocycles. The second-order valence-corrected chi connectivity index (χ2v) is 8.16. The summed E-state index contributed by atoms with van der Waals surface area (Å²) in [6, 6.07) is 8.80. The van der Waals surface area contributed by atoms with E-state index in [2.05, 4.69) is 5.32 Å². The number of amides is 2. The average Bonchev–Trinajstić information content (AvgIpc) is 3.60. The molecule has 9 nitrogen and oxygen atoms in total. The van der Waals surface area contributed by atoms with Crippen LogP contribution in [-0.2, 0) is 14.1 Å². The molecule has 9 heteroatoms. The number of aromatic nitrogens is 3. The first-order chi connectivity index (χ1) is 16.0. The number of carbonyl (C=O) groups excluding carboxylic acids is 2. The summed E-state index contributed by atoms with van der Waals surface area (Å²) in [5.41, 5.74) is 3.46. The minimum atomic E-state index is -0.329. The van der Waals surface area contributed by atoms with E-state index in [4.69, 9.17) is 14.1 Å². The van der Waals surface area contributed by atoms with Gasteiger partial charge in [-0.3, -0.25) is 9.59 Å². The molecule has 4 heterocycles. The molecule has 0 spiro atoms. The first-order valence-corrected chi connectivity index (χ1v) is 10.8. The number of hydrogen-bond donors (Lipinski definition) is 1. The summed E-state index contributed by atoms with van der Waals surface area (Å²) < 4.78 is 14.7. The number of aryl methyl sites for hydroxylation is 2. The van der Waals surface area contributed by atoms with Crippen molar-refractivity contribution in [3.8, 4) is 17.3 Å². The lowest BCUT2D eigenvalue weighted by molar-refractivity contribution is 0.0789. The molecular weight excluding hydrogens is 422 g/mol. The number of nitrogens with one attached hydrogen (secondary N) is 1. The van der Waals surface area contributed by atoms with Crippen LogP contribution in [0, 0.1) is 0 Å². The Labute approximate surface area is 190 Å². The molecule has 2 amide bonds. The van der Waals surface area contributed by atoms with E-state index in [1.54, 1.807) is 19.2 Å². The molecule has 1 aliphatic rings. The van der Waals surface area contributed by atoms with Gasteiger partial charge in [-0.1, -0.05) is 0 Å². The highest BCUT2D eigenvalue weighted by Gasteiger charge is 2.29. The van der Waals surface area contributed by atoms with Crippen molar-refractivity contribution in [2.24, 2.45) is 14.1 Å². The Kier molecular flexibility index (Phi) is 5.16. The molecule has 5 rings (SSSR count). The van der Waals surface area contributed by atoms with E-state index in [1.165, 1.54) is 6.26 Å². The quantitative estimate of drug-likeness (QED) is 0.504. The highest BCUT2D eigenvalue weighted by Crippen LogP contribution is 2.36. The number of imidazole rings is 1. The normalized spacial score (nSPS) is 13.6. The zero-order chi connectivity index (χ0) is 23.1. The van der Waals surface area contributed by atoms with Crippen molar-refractivity contribution < 1.29 is 18.7 Å². The van der Waals surface area contributed by atoms with Gasteiger partial charge < -0.3 is 28.5 Å². The summed E-state index contributed by atoms with van der Waals surface area (Å²) in [6.07, 6.45) is 5.32. The van der Waals surface area contributed by atoms with Crippen molar-refractivity contribution in [1.82, 2.24) is 19.0 Å². The van der Waals surface area contributed by atoms with Crippen molar-refractivity contribution in [2.75, 3.05) is 25.5 Å². The summed E-state index contributed by atoms with van der Waals surface area (Å²) in [6.45, 7) is 1.54. The van der Waals surface area contributed by atoms with Crippen molar-refractivity contribution in [3.05, 3.63) is 54.1 Å². The number of furan rings is 1. The van der Waals surface area contributed by atoms with Crippen molar-refractivity contribution in [3.63, 3.8) is 0 Å². The largest absolute Gasteiger partial charge is 0.494 e. The molecular formula is C24H25N5O4. The molecule has 170 valence electrons. The molecule has 0 atom stereocenters. The van der Waals surface area contributed by atoms with Crippen LogP contribution in [-0.4, -0.2) is 51.0 Å². The van der Waals surface area contributed by atoms with Gasteiger partial charge in [-0.2, -0.15) is 0 Å². The van der Waals surface area contributed by atoms with Gasteiger partial charge in [0.2, 0.25) is 0 Å². The van der Waals surface area contributed by atoms with E-state index in [0.29, 0.717) is 28.3 Å². The molecule has 1 aromatic carbocycles. The Morgan fingerprint density at radius 2 is 1.94 bits per heavy atom. The molecule has 0 radical (unpaired) electrons. The van der Waals surface area contributed by atoms with E-state index in [1.807, 2.05) is 52.5 Å². The third-order valence-corrected chi connectivity index (χ3v) is 6.06. The van der Waals surface area contributed by atoms with Crippen LogP contribution in [0.25, 0.3) is 22.6 Å². The minimum Gasteiger partial charge on any atom is -0.494 e. The Balaban J connectivity index is 1.52. The van der Waals surface area contributed by atoms with Crippen molar-refractivity contribution in [2.45, 2.75) is 12.8 Å². The highest BCUT2D eigenvalue weighted by molar-refractivity contribution is 6.03. The molecule has 4 aromatic rings. The fourth-order valence-electron chi connectivity index (χ4n) is 4.40. The van der Waals surface area contributed by atoms with E-state index >= 15 is 0 Å². The molecule has 3 aromatic heterocycles. The number of ether oxygens (including phenoxy) is 1. The topological polar surface area (TPSA) is 94.5 Å². The smallest absolute Gasteiger partial charge is 0.291 e. The molecule has 33 heavy (non-hydrogen) atoms. The number of benzene rings is 1. The summed E-state index contributed by atoms with van der Waals surface area (Å²) in [7, 11) is 5.37. The number of nitrogens with zero attached hydrogens (tertiary/aromatic N) is 4. The van der Waals surface area contributed by atoms with Crippen LogP contribution in [0.4, 0.5) is 5.69 Å². The fourth-order valence-corrected chi connectivity index (χ4v) is 4.40. The van der Waals surface area contributed by atoms with Gasteiger partial charge in [-0.05, 0) is 43.2 Å². The highest BCUT2D eigenvalue weighted by atomic mass is 16.5. The second kappa shape index (κ2) is 8.16. The maximum absolute atomic E-state index is 13.1. The van der Waals surface area contributed by atoms with E-state index in [9.17, 15) is 9.59 Å². The molecule has 0 unspecified atom stereocenters. The number of anilines is 1. The molecule has 0 aliphatic carbocycles. The lowest BCUT2D eigenvalue weighted by Crippen LogP contribution is -2.27. The zero-order valence-electron chi connectivity index (χ0n) is 18.8. The van der Waals surface area contributed by atoms with Crippen molar-refractivity contribution in [1.29, 1.82) is 0 Å². The number of fused-ring (bicyclic) bond motifs is 1. The molecule has 0 bridgehead atoms. The van der Waals surface area contributed by atoms with Crippen LogP contribution in [0.5, 0.6) is 5.75 Å². The molecule has 1 aliphatic heterocycles. The summed E-state index contributed by atoms with van der Waals surface area (Å²) in [4.78, 5) is 32.1. The molecule has 1 fully saturated rings. The number of rotatable bonds is 5. The van der Waals surface area contributed by atoms with Gasteiger partial charge >= 0.3 is 0 Å². The lowest BCUT2D eigenvalue weighted by atomic mass is 10.2. The summed E-state index contributed by atoms with van der Waals surface area (Å²) in [5.74, 6) is 1.07. The number of likely N-dealkylation sites (tertiary alicyclic amines) is 1. The standard InChI is InChI=1S/C24H25N5O4/c1-27-14-16(24(31)29-10-4-5-11-29)21(32-3)20(27)22-26-17-13-15(8-9-18(17)28(22)2)25-23(30)19-7-6-12-33-19/h6-9,12-14H,4-5,10-11H2,1-3H3,(H,25,30). The Bertz CT molecular complexity index is 1340. The lowest BCUT2D eigenvalue weighted by Gasteiger charge is -2.15. The third kappa shape index (κ3) is 3.55. The number of hydrogen-bond acceptors (Lipinski definition) is 5. The van der Waals surface area contributed by atoms with Crippen molar-refractivity contribution >= 4 is 28.5 Å². The maximum atomic E-state index is 13.1. The Morgan fingerprint density at radius 1 is 1.15 bits per heavy atom. The van der Waals surface area contributed by atoms with E-state index < -0.39 is 0 Å². The van der Waals surface area contributed by atoms with Gasteiger partial charge in [0.05, 0.1) is 24.4 Å².